The van der Waals surface area contributed by atoms with Crippen LogP contribution in [-0.4, -0.2) is 43.2 Å². The average molecular weight is 249 g/mol. The molecule has 4 nitrogen and oxygen atoms in total. The molecular weight excluding hydrogens is 226 g/mol. The number of nitrogens with one attached hydrogen (secondary N) is 1. The highest BCUT2D eigenvalue weighted by Crippen LogP contribution is 2.13. The molecule has 1 aromatic heterocycles. The fourth-order valence-corrected chi connectivity index (χ4v) is 2.33. The second kappa shape index (κ2) is 6.83. The second-order valence-corrected chi connectivity index (χ2v) is 5.02. The maximum Gasteiger partial charge on any atom is 0.0702 e. The van der Waals surface area contributed by atoms with Crippen molar-refractivity contribution in [3.63, 3.8) is 0 Å². The SMILES string of the molecule is CNCc1ccc(CN(C)CC2CCCO2)nc1. The van der Waals surface area contributed by atoms with Gasteiger partial charge in [0.05, 0.1) is 11.8 Å². The van der Waals surface area contributed by atoms with Crippen molar-refractivity contribution in [1.82, 2.24) is 15.2 Å². The normalized spacial score (nSPS) is 19.6. The lowest BCUT2D eigenvalue weighted by Crippen LogP contribution is -2.28. The molecule has 0 amide bonds. The molecule has 1 aliphatic heterocycles. The lowest BCUT2D eigenvalue weighted by Gasteiger charge is -2.20. The maximum absolute atomic E-state index is 5.64. The lowest BCUT2D eigenvalue weighted by molar-refractivity contribution is 0.0790. The van der Waals surface area contributed by atoms with Crippen LogP contribution < -0.4 is 5.32 Å². The molecule has 0 spiro atoms. The standard InChI is InChI=1S/C14H23N3O/c1-15-8-12-5-6-13(16-9-12)10-17(2)11-14-4-3-7-18-14/h5-6,9,14-15H,3-4,7-8,10-11H2,1-2H3. The van der Waals surface area contributed by atoms with E-state index in [1.165, 1.54) is 18.4 Å². The second-order valence-electron chi connectivity index (χ2n) is 5.02. The summed E-state index contributed by atoms with van der Waals surface area (Å²) < 4.78 is 5.64. The predicted molar refractivity (Wildman–Crippen MR) is 72.3 cm³/mol. The molecule has 100 valence electrons. The topological polar surface area (TPSA) is 37.4 Å². The van der Waals surface area contributed by atoms with Crippen LogP contribution >= 0.6 is 0 Å². The van der Waals surface area contributed by atoms with Gasteiger partial charge < -0.3 is 10.1 Å². The van der Waals surface area contributed by atoms with E-state index < -0.39 is 0 Å². The molecule has 2 heterocycles. The Morgan fingerprint density at radius 2 is 2.39 bits per heavy atom. The van der Waals surface area contributed by atoms with Crippen molar-refractivity contribution in [2.45, 2.75) is 32.0 Å². The van der Waals surface area contributed by atoms with Gasteiger partial charge >= 0.3 is 0 Å². The maximum atomic E-state index is 5.64. The van der Waals surface area contributed by atoms with Crippen LogP contribution in [0.3, 0.4) is 0 Å². The quantitative estimate of drug-likeness (QED) is 0.827. The van der Waals surface area contributed by atoms with Crippen LogP contribution in [0.1, 0.15) is 24.1 Å². The molecule has 0 aliphatic carbocycles. The molecule has 1 aromatic rings. The van der Waals surface area contributed by atoms with E-state index in [-0.39, 0.29) is 0 Å². The number of nitrogens with zero attached hydrogens (tertiary/aromatic N) is 2. The molecule has 0 saturated carbocycles. The van der Waals surface area contributed by atoms with Gasteiger partial charge in [0.25, 0.3) is 0 Å². The Morgan fingerprint density at radius 1 is 1.50 bits per heavy atom. The highest BCUT2D eigenvalue weighted by Gasteiger charge is 2.17. The molecule has 4 heteroatoms. The first-order valence-electron chi connectivity index (χ1n) is 6.66. The smallest absolute Gasteiger partial charge is 0.0702 e. The zero-order valence-electron chi connectivity index (χ0n) is 11.4. The van der Waals surface area contributed by atoms with Crippen molar-refractivity contribution in [3.8, 4) is 0 Å². The molecule has 0 radical (unpaired) electrons. The summed E-state index contributed by atoms with van der Waals surface area (Å²) in [5.41, 5.74) is 2.35. The van der Waals surface area contributed by atoms with Crippen LogP contribution in [0.4, 0.5) is 0 Å². The van der Waals surface area contributed by atoms with Crippen LogP contribution in [0.2, 0.25) is 0 Å². The Hall–Kier alpha value is -0.970. The first kappa shape index (κ1) is 13.5. The van der Waals surface area contributed by atoms with Gasteiger partial charge in [0, 0.05) is 32.4 Å². The zero-order valence-corrected chi connectivity index (χ0v) is 11.4. The van der Waals surface area contributed by atoms with Crippen molar-refractivity contribution < 1.29 is 4.74 Å². The number of hydrogen-bond acceptors (Lipinski definition) is 4. The van der Waals surface area contributed by atoms with Crippen molar-refractivity contribution in [3.05, 3.63) is 29.6 Å². The summed E-state index contributed by atoms with van der Waals surface area (Å²) in [6, 6.07) is 4.25. The van der Waals surface area contributed by atoms with Gasteiger partial charge in [0.15, 0.2) is 0 Å². The van der Waals surface area contributed by atoms with E-state index in [1.54, 1.807) is 0 Å². The van der Waals surface area contributed by atoms with E-state index in [1.807, 2.05) is 13.2 Å². The molecular formula is C14H23N3O. The molecule has 0 bridgehead atoms. The van der Waals surface area contributed by atoms with E-state index in [0.717, 1.165) is 31.9 Å². The van der Waals surface area contributed by atoms with Gasteiger partial charge in [-0.1, -0.05) is 6.07 Å². The number of hydrogen-bond donors (Lipinski definition) is 1. The monoisotopic (exact) mass is 249 g/mol. The zero-order chi connectivity index (χ0) is 12.8. The molecule has 1 unspecified atom stereocenters. The Bertz CT molecular complexity index is 347. The third-order valence-electron chi connectivity index (χ3n) is 3.24. The molecule has 0 aromatic carbocycles. The Kier molecular flexibility index (Phi) is 5.11. The van der Waals surface area contributed by atoms with E-state index in [4.69, 9.17) is 4.74 Å². The van der Waals surface area contributed by atoms with Gasteiger partial charge in [-0.3, -0.25) is 9.88 Å². The minimum absolute atomic E-state index is 0.415. The van der Waals surface area contributed by atoms with Crippen LogP contribution in [-0.2, 0) is 17.8 Å². The van der Waals surface area contributed by atoms with Crippen LogP contribution in [0, 0.1) is 0 Å². The first-order valence-corrected chi connectivity index (χ1v) is 6.66. The summed E-state index contributed by atoms with van der Waals surface area (Å²) in [4.78, 5) is 6.78. The van der Waals surface area contributed by atoms with Crippen molar-refractivity contribution in [1.29, 1.82) is 0 Å². The van der Waals surface area contributed by atoms with Gasteiger partial charge in [-0.2, -0.15) is 0 Å². The fraction of sp³-hybridized carbons (Fsp3) is 0.643. The summed E-state index contributed by atoms with van der Waals surface area (Å²) in [5.74, 6) is 0. The summed E-state index contributed by atoms with van der Waals surface area (Å²) >= 11 is 0. The largest absolute Gasteiger partial charge is 0.377 e. The van der Waals surface area contributed by atoms with E-state index in [2.05, 4.69) is 34.4 Å². The van der Waals surface area contributed by atoms with Crippen molar-refractivity contribution >= 4 is 0 Å². The number of aromatic nitrogens is 1. The molecule has 1 N–H and O–H groups in total. The van der Waals surface area contributed by atoms with Gasteiger partial charge in [0.1, 0.15) is 0 Å². The number of rotatable bonds is 6. The minimum atomic E-state index is 0.415. The van der Waals surface area contributed by atoms with Gasteiger partial charge in [-0.15, -0.1) is 0 Å². The number of pyridine rings is 1. The fourth-order valence-electron chi connectivity index (χ4n) is 2.33. The summed E-state index contributed by atoms with van der Waals surface area (Å²) in [5, 5.41) is 3.13. The summed E-state index contributed by atoms with van der Waals surface area (Å²) in [6.07, 6.45) is 4.76. The van der Waals surface area contributed by atoms with Crippen molar-refractivity contribution in [2.75, 3.05) is 27.2 Å². The lowest BCUT2D eigenvalue weighted by atomic mass is 10.2. The third-order valence-corrected chi connectivity index (χ3v) is 3.24. The first-order chi connectivity index (χ1) is 8.78. The molecule has 1 fully saturated rings. The minimum Gasteiger partial charge on any atom is -0.377 e. The van der Waals surface area contributed by atoms with Gasteiger partial charge in [-0.05, 0) is 38.6 Å². The van der Waals surface area contributed by atoms with E-state index >= 15 is 0 Å². The van der Waals surface area contributed by atoms with Crippen LogP contribution in [0.25, 0.3) is 0 Å². The molecule has 1 saturated heterocycles. The Labute approximate surface area is 109 Å². The molecule has 1 atom stereocenters. The highest BCUT2D eigenvalue weighted by molar-refractivity contribution is 5.13. The van der Waals surface area contributed by atoms with Gasteiger partial charge in [0.2, 0.25) is 0 Å². The average Bonchev–Trinajstić information content (AvgIpc) is 2.84. The summed E-state index contributed by atoms with van der Waals surface area (Å²) in [6.45, 7) is 3.69. The van der Waals surface area contributed by atoms with Crippen molar-refractivity contribution in [2.24, 2.45) is 0 Å². The van der Waals surface area contributed by atoms with Gasteiger partial charge in [-0.25, -0.2) is 0 Å². The van der Waals surface area contributed by atoms with E-state index in [9.17, 15) is 0 Å². The highest BCUT2D eigenvalue weighted by atomic mass is 16.5. The molecule has 1 aliphatic rings. The Balaban J connectivity index is 1.80. The molecule has 2 rings (SSSR count). The van der Waals surface area contributed by atoms with Crippen LogP contribution in [0.5, 0.6) is 0 Å². The molecule has 18 heavy (non-hydrogen) atoms. The number of ether oxygens (including phenoxy) is 1. The van der Waals surface area contributed by atoms with E-state index in [0.29, 0.717) is 6.10 Å². The number of likely N-dealkylation sites (N-methyl/N-ethyl adjacent to an activating group) is 1. The summed E-state index contributed by atoms with van der Waals surface area (Å²) in [7, 11) is 4.08. The third kappa shape index (κ3) is 4.05. The Morgan fingerprint density at radius 3 is 3.00 bits per heavy atom. The predicted octanol–water partition coefficient (Wildman–Crippen LogP) is 1.41. The van der Waals surface area contributed by atoms with Crippen LogP contribution in [0.15, 0.2) is 18.3 Å².